The van der Waals surface area contributed by atoms with E-state index >= 15 is 0 Å². The minimum atomic E-state index is -0.951. The molecule has 5 nitrogen and oxygen atoms in total. The summed E-state index contributed by atoms with van der Waals surface area (Å²) in [5.74, 6) is -0.0446. The van der Waals surface area contributed by atoms with Gasteiger partial charge in [0.25, 0.3) is 0 Å². The van der Waals surface area contributed by atoms with Gasteiger partial charge in [0.1, 0.15) is 6.73 Å². The van der Waals surface area contributed by atoms with Crippen molar-refractivity contribution in [2.24, 2.45) is 0 Å². The number of ether oxygens (including phenoxy) is 1. The molecule has 1 N–H and O–H groups in total. The number of rotatable bonds is 4. The van der Waals surface area contributed by atoms with E-state index in [-0.39, 0.29) is 12.0 Å². The van der Waals surface area contributed by atoms with Gasteiger partial charge in [-0.2, -0.15) is 0 Å². The molecule has 0 radical (unpaired) electrons. The molecule has 2 atom stereocenters. The Hall–Kier alpha value is -1.40. The van der Waals surface area contributed by atoms with Crippen LogP contribution in [0.3, 0.4) is 0 Å². The Bertz CT molecular complexity index is 475. The highest BCUT2D eigenvalue weighted by Crippen LogP contribution is 2.20. The molecule has 1 saturated heterocycles. The molecule has 1 aliphatic heterocycles. The summed E-state index contributed by atoms with van der Waals surface area (Å²) in [6.07, 6.45) is 1.68. The molecule has 1 aromatic rings. The summed E-state index contributed by atoms with van der Waals surface area (Å²) < 4.78 is 16.9. The van der Waals surface area contributed by atoms with Crippen LogP contribution in [0.2, 0.25) is 0 Å². The summed E-state index contributed by atoms with van der Waals surface area (Å²) in [6, 6.07) is 7.63. The minimum absolute atomic E-state index is 0.0175. The van der Waals surface area contributed by atoms with E-state index in [1.165, 1.54) is 6.92 Å². The zero-order valence-corrected chi connectivity index (χ0v) is 11.9. The lowest BCUT2D eigenvalue weighted by Crippen LogP contribution is -2.33. The predicted molar refractivity (Wildman–Crippen MR) is 74.5 cm³/mol. The van der Waals surface area contributed by atoms with Crippen molar-refractivity contribution in [3.63, 3.8) is 0 Å². The van der Waals surface area contributed by atoms with E-state index in [1.54, 1.807) is 6.26 Å². The first-order chi connectivity index (χ1) is 9.06. The maximum atomic E-state index is 11.3. The molecule has 2 rings (SSSR count). The standard InChI is InChI=1S/C13H18N2O3S/c1-10(16)14-7-12-8-15(9-18-12)11-3-5-13(6-4-11)19(2)17/h3-6,12H,7-9H2,1-2H3,(H,14,16). The van der Waals surface area contributed by atoms with Crippen molar-refractivity contribution in [2.45, 2.75) is 17.9 Å². The molecule has 1 amide bonds. The van der Waals surface area contributed by atoms with Gasteiger partial charge in [-0.3, -0.25) is 9.00 Å². The molecular weight excluding hydrogens is 264 g/mol. The Morgan fingerprint density at radius 1 is 1.47 bits per heavy atom. The number of hydrogen-bond acceptors (Lipinski definition) is 4. The van der Waals surface area contributed by atoms with Crippen LogP contribution in [0.4, 0.5) is 5.69 Å². The number of carbonyl (C=O) groups excluding carboxylic acids is 1. The van der Waals surface area contributed by atoms with E-state index in [9.17, 15) is 9.00 Å². The normalized spacial score (nSPS) is 20.3. The molecule has 2 unspecified atom stereocenters. The van der Waals surface area contributed by atoms with Crippen molar-refractivity contribution in [1.82, 2.24) is 5.32 Å². The van der Waals surface area contributed by atoms with Crippen molar-refractivity contribution in [1.29, 1.82) is 0 Å². The first-order valence-corrected chi connectivity index (χ1v) is 7.66. The maximum Gasteiger partial charge on any atom is 0.216 e. The third-order valence-corrected chi connectivity index (χ3v) is 3.94. The van der Waals surface area contributed by atoms with Crippen LogP contribution in [0.15, 0.2) is 29.2 Å². The van der Waals surface area contributed by atoms with Crippen LogP contribution in [-0.4, -0.2) is 42.3 Å². The molecule has 0 saturated carbocycles. The van der Waals surface area contributed by atoms with Crippen molar-refractivity contribution in [2.75, 3.05) is 31.0 Å². The summed E-state index contributed by atoms with van der Waals surface area (Å²) in [5, 5.41) is 2.75. The van der Waals surface area contributed by atoms with Gasteiger partial charge in [0.2, 0.25) is 5.91 Å². The summed E-state index contributed by atoms with van der Waals surface area (Å²) in [6.45, 7) is 3.28. The highest BCUT2D eigenvalue weighted by Gasteiger charge is 2.23. The average molecular weight is 282 g/mol. The number of hydrogen-bond donors (Lipinski definition) is 1. The van der Waals surface area contributed by atoms with Gasteiger partial charge in [-0.25, -0.2) is 0 Å². The van der Waals surface area contributed by atoms with Crippen LogP contribution < -0.4 is 10.2 Å². The van der Waals surface area contributed by atoms with Crippen LogP contribution in [0.25, 0.3) is 0 Å². The molecule has 6 heteroatoms. The van der Waals surface area contributed by atoms with Gasteiger partial charge in [0.05, 0.1) is 6.10 Å². The molecule has 1 heterocycles. The average Bonchev–Trinajstić information content (AvgIpc) is 2.85. The van der Waals surface area contributed by atoms with Gasteiger partial charge in [-0.1, -0.05) is 0 Å². The zero-order valence-electron chi connectivity index (χ0n) is 11.1. The lowest BCUT2D eigenvalue weighted by molar-refractivity contribution is -0.119. The number of nitrogens with one attached hydrogen (secondary N) is 1. The SMILES string of the molecule is CC(=O)NCC1CN(c2ccc(S(C)=O)cc2)CO1. The van der Waals surface area contributed by atoms with Crippen LogP contribution in [-0.2, 0) is 20.3 Å². The Morgan fingerprint density at radius 3 is 2.74 bits per heavy atom. The highest BCUT2D eigenvalue weighted by atomic mass is 32.2. The van der Waals surface area contributed by atoms with Gasteiger partial charge in [-0.15, -0.1) is 0 Å². The van der Waals surface area contributed by atoms with Crippen molar-refractivity contribution in [3.8, 4) is 0 Å². The molecule has 104 valence electrons. The fourth-order valence-electron chi connectivity index (χ4n) is 1.96. The molecule has 1 aromatic carbocycles. The van der Waals surface area contributed by atoms with Gasteiger partial charge in [0, 0.05) is 47.7 Å². The van der Waals surface area contributed by atoms with E-state index in [0.29, 0.717) is 13.3 Å². The van der Waals surface area contributed by atoms with E-state index in [0.717, 1.165) is 17.1 Å². The van der Waals surface area contributed by atoms with Gasteiger partial charge < -0.3 is 15.0 Å². The minimum Gasteiger partial charge on any atom is -0.354 e. The maximum absolute atomic E-state index is 11.3. The largest absolute Gasteiger partial charge is 0.354 e. The number of benzene rings is 1. The van der Waals surface area contributed by atoms with E-state index in [1.807, 2.05) is 24.3 Å². The molecule has 0 bridgehead atoms. The third kappa shape index (κ3) is 3.78. The van der Waals surface area contributed by atoms with Gasteiger partial charge in [-0.05, 0) is 24.3 Å². The second-order valence-corrected chi connectivity index (χ2v) is 5.90. The second kappa shape index (κ2) is 6.16. The monoisotopic (exact) mass is 282 g/mol. The Balaban J connectivity index is 1.93. The molecule has 1 aliphatic rings. The fourth-order valence-corrected chi connectivity index (χ4v) is 2.48. The smallest absolute Gasteiger partial charge is 0.216 e. The first kappa shape index (κ1) is 14.0. The van der Waals surface area contributed by atoms with Crippen LogP contribution in [0.1, 0.15) is 6.92 Å². The molecule has 0 aliphatic carbocycles. The number of amides is 1. The van der Waals surface area contributed by atoms with Crippen molar-refractivity contribution >= 4 is 22.4 Å². The number of anilines is 1. The molecular formula is C13H18N2O3S. The van der Waals surface area contributed by atoms with E-state index in [2.05, 4.69) is 10.2 Å². The fraction of sp³-hybridized carbons (Fsp3) is 0.462. The first-order valence-electron chi connectivity index (χ1n) is 6.11. The molecule has 0 spiro atoms. The Kier molecular flexibility index (Phi) is 4.55. The van der Waals surface area contributed by atoms with Crippen LogP contribution in [0.5, 0.6) is 0 Å². The molecule has 0 aromatic heterocycles. The van der Waals surface area contributed by atoms with E-state index < -0.39 is 10.8 Å². The second-order valence-electron chi connectivity index (χ2n) is 4.53. The lowest BCUT2D eigenvalue weighted by Gasteiger charge is -2.16. The summed E-state index contributed by atoms with van der Waals surface area (Å²) in [4.78, 5) is 13.8. The zero-order chi connectivity index (χ0) is 13.8. The summed E-state index contributed by atoms with van der Waals surface area (Å²) in [7, 11) is -0.951. The lowest BCUT2D eigenvalue weighted by atomic mass is 10.2. The van der Waals surface area contributed by atoms with Crippen molar-refractivity contribution in [3.05, 3.63) is 24.3 Å². The summed E-state index contributed by atoms with van der Waals surface area (Å²) >= 11 is 0. The Labute approximate surface area is 115 Å². The Morgan fingerprint density at radius 2 is 2.16 bits per heavy atom. The predicted octanol–water partition coefficient (Wildman–Crippen LogP) is 0.723. The quantitative estimate of drug-likeness (QED) is 0.884. The molecule has 1 fully saturated rings. The molecule has 19 heavy (non-hydrogen) atoms. The third-order valence-electron chi connectivity index (χ3n) is 3.00. The van der Waals surface area contributed by atoms with Gasteiger partial charge in [0.15, 0.2) is 0 Å². The van der Waals surface area contributed by atoms with Crippen LogP contribution in [0, 0.1) is 0 Å². The number of carbonyl (C=O) groups is 1. The van der Waals surface area contributed by atoms with Gasteiger partial charge >= 0.3 is 0 Å². The topological polar surface area (TPSA) is 58.6 Å². The van der Waals surface area contributed by atoms with Crippen LogP contribution >= 0.6 is 0 Å². The number of nitrogens with zero attached hydrogens (tertiary/aromatic N) is 1. The highest BCUT2D eigenvalue weighted by molar-refractivity contribution is 7.84. The van der Waals surface area contributed by atoms with Crippen molar-refractivity contribution < 1.29 is 13.7 Å². The summed E-state index contributed by atoms with van der Waals surface area (Å²) in [5.41, 5.74) is 1.04. The van der Waals surface area contributed by atoms with E-state index in [4.69, 9.17) is 4.74 Å².